The van der Waals surface area contributed by atoms with Crippen LogP contribution in [0.25, 0.3) is 0 Å². The smallest absolute Gasteiger partial charge is 0.0574 e. The van der Waals surface area contributed by atoms with Crippen LogP contribution in [0.1, 0.15) is 74.8 Å². The molecule has 0 aliphatic heterocycles. The van der Waals surface area contributed by atoms with E-state index in [0.717, 1.165) is 6.42 Å². The Labute approximate surface area is 123 Å². The molecule has 0 heterocycles. The average Bonchev–Trinajstić information content (AvgIpc) is 2.77. The van der Waals surface area contributed by atoms with Gasteiger partial charge in [0.1, 0.15) is 0 Å². The first kappa shape index (κ1) is 14.1. The molecular formula is C19H28O. The second-order valence-corrected chi connectivity index (χ2v) is 6.84. The number of aliphatic hydroxyl groups is 1. The van der Waals surface area contributed by atoms with Gasteiger partial charge in [0.15, 0.2) is 0 Å². The van der Waals surface area contributed by atoms with E-state index in [1.54, 1.807) is 0 Å². The van der Waals surface area contributed by atoms with Gasteiger partial charge in [-0.25, -0.2) is 0 Å². The van der Waals surface area contributed by atoms with E-state index in [1.807, 2.05) is 0 Å². The topological polar surface area (TPSA) is 20.2 Å². The van der Waals surface area contributed by atoms with Crippen LogP contribution in [0.3, 0.4) is 0 Å². The predicted octanol–water partition coefficient (Wildman–Crippen LogP) is 4.83. The molecule has 2 aliphatic carbocycles. The second-order valence-electron chi connectivity index (χ2n) is 6.84. The fourth-order valence-electron chi connectivity index (χ4n) is 4.28. The van der Waals surface area contributed by atoms with Crippen molar-refractivity contribution in [3.8, 4) is 0 Å². The molecular weight excluding hydrogens is 244 g/mol. The van der Waals surface area contributed by atoms with Gasteiger partial charge in [-0.1, -0.05) is 49.9 Å². The lowest BCUT2D eigenvalue weighted by Crippen LogP contribution is -2.24. The Balaban J connectivity index is 1.65. The van der Waals surface area contributed by atoms with Crippen LogP contribution in [0.15, 0.2) is 24.3 Å². The highest BCUT2D eigenvalue weighted by atomic mass is 16.3. The van der Waals surface area contributed by atoms with Crippen LogP contribution in [0.5, 0.6) is 0 Å². The number of aryl methyl sites for hydroxylation is 1. The van der Waals surface area contributed by atoms with E-state index in [4.69, 9.17) is 0 Å². The number of fused-ring (bicyclic) bond motifs is 1. The third-order valence-corrected chi connectivity index (χ3v) is 5.46. The molecule has 0 amide bonds. The second kappa shape index (κ2) is 6.76. The van der Waals surface area contributed by atoms with Crippen molar-refractivity contribution in [2.24, 2.45) is 5.92 Å². The largest absolute Gasteiger partial charge is 0.393 e. The number of aliphatic hydroxyl groups excluding tert-OH is 1. The first-order valence-corrected chi connectivity index (χ1v) is 8.60. The first-order chi connectivity index (χ1) is 9.84. The molecule has 1 heteroatoms. The molecule has 1 aromatic rings. The molecule has 0 bridgehead atoms. The van der Waals surface area contributed by atoms with E-state index in [9.17, 15) is 5.11 Å². The molecule has 1 fully saturated rings. The maximum atomic E-state index is 10.7. The van der Waals surface area contributed by atoms with Crippen molar-refractivity contribution in [1.82, 2.24) is 0 Å². The summed E-state index contributed by atoms with van der Waals surface area (Å²) < 4.78 is 0. The van der Waals surface area contributed by atoms with Crippen LogP contribution in [-0.4, -0.2) is 11.2 Å². The minimum absolute atomic E-state index is 0.0794. The Morgan fingerprint density at radius 3 is 2.50 bits per heavy atom. The van der Waals surface area contributed by atoms with E-state index in [-0.39, 0.29) is 6.10 Å². The van der Waals surface area contributed by atoms with Crippen molar-refractivity contribution in [3.63, 3.8) is 0 Å². The number of hydrogen-bond donors (Lipinski definition) is 1. The molecule has 1 nitrogen and oxygen atoms in total. The van der Waals surface area contributed by atoms with Gasteiger partial charge in [0.25, 0.3) is 0 Å². The van der Waals surface area contributed by atoms with E-state index in [0.29, 0.717) is 11.8 Å². The van der Waals surface area contributed by atoms with Gasteiger partial charge in [0, 0.05) is 0 Å². The summed E-state index contributed by atoms with van der Waals surface area (Å²) in [5, 5.41) is 10.7. The van der Waals surface area contributed by atoms with E-state index >= 15 is 0 Å². The highest BCUT2D eigenvalue weighted by molar-refractivity contribution is 5.32. The Morgan fingerprint density at radius 1 is 0.950 bits per heavy atom. The molecule has 0 aromatic heterocycles. The molecule has 0 saturated heterocycles. The van der Waals surface area contributed by atoms with Gasteiger partial charge >= 0.3 is 0 Å². The summed E-state index contributed by atoms with van der Waals surface area (Å²) in [7, 11) is 0. The van der Waals surface area contributed by atoms with E-state index < -0.39 is 0 Å². The van der Waals surface area contributed by atoms with Crippen LogP contribution < -0.4 is 0 Å². The van der Waals surface area contributed by atoms with Crippen molar-refractivity contribution < 1.29 is 5.11 Å². The Bertz CT molecular complexity index is 418. The summed E-state index contributed by atoms with van der Waals surface area (Å²) in [5.41, 5.74) is 3.04. The minimum atomic E-state index is -0.0794. The maximum Gasteiger partial charge on any atom is 0.0574 e. The number of rotatable bonds is 3. The zero-order valence-electron chi connectivity index (χ0n) is 12.6. The Hall–Kier alpha value is -0.820. The van der Waals surface area contributed by atoms with Gasteiger partial charge in [-0.15, -0.1) is 0 Å². The lowest BCUT2D eigenvalue weighted by atomic mass is 9.77. The van der Waals surface area contributed by atoms with Crippen molar-refractivity contribution in [3.05, 3.63) is 35.4 Å². The molecule has 110 valence electrons. The van der Waals surface area contributed by atoms with Crippen molar-refractivity contribution in [1.29, 1.82) is 0 Å². The fourth-order valence-corrected chi connectivity index (χ4v) is 4.28. The van der Waals surface area contributed by atoms with E-state index in [2.05, 4.69) is 24.3 Å². The molecule has 1 aromatic carbocycles. The summed E-state index contributed by atoms with van der Waals surface area (Å²) >= 11 is 0. The molecule has 2 unspecified atom stereocenters. The quantitative estimate of drug-likeness (QED) is 0.782. The molecule has 0 spiro atoms. The van der Waals surface area contributed by atoms with Crippen LogP contribution >= 0.6 is 0 Å². The standard InChI is InChI=1S/C19H28O/c20-19(16-9-3-1-2-4-10-16)14-17-12-7-11-15-8-5-6-13-18(15)17/h5-6,8,13,16-17,19-20H,1-4,7,9-12,14H2. The first-order valence-electron chi connectivity index (χ1n) is 8.60. The summed E-state index contributed by atoms with van der Waals surface area (Å²) in [4.78, 5) is 0. The van der Waals surface area contributed by atoms with Crippen LogP contribution in [-0.2, 0) is 6.42 Å². The third kappa shape index (κ3) is 3.25. The summed E-state index contributed by atoms with van der Waals surface area (Å²) in [6, 6.07) is 8.89. The Morgan fingerprint density at radius 2 is 1.70 bits per heavy atom. The molecule has 0 radical (unpaired) electrons. The predicted molar refractivity (Wildman–Crippen MR) is 83.9 cm³/mol. The van der Waals surface area contributed by atoms with Gasteiger partial charge in [0.2, 0.25) is 0 Å². The van der Waals surface area contributed by atoms with E-state index in [1.165, 1.54) is 68.9 Å². The van der Waals surface area contributed by atoms with Crippen LogP contribution in [0.2, 0.25) is 0 Å². The van der Waals surface area contributed by atoms with Crippen LogP contribution in [0.4, 0.5) is 0 Å². The number of hydrogen-bond acceptors (Lipinski definition) is 1. The SMILES string of the molecule is OC(CC1CCCc2ccccc21)C1CCCCCC1. The zero-order valence-corrected chi connectivity index (χ0v) is 12.6. The van der Waals surface area contributed by atoms with Gasteiger partial charge in [-0.05, 0) is 61.5 Å². The lowest BCUT2D eigenvalue weighted by Gasteiger charge is -2.30. The summed E-state index contributed by atoms with van der Waals surface area (Å²) in [6.45, 7) is 0. The normalized spacial score (nSPS) is 25.8. The van der Waals surface area contributed by atoms with Gasteiger partial charge in [-0.3, -0.25) is 0 Å². The molecule has 20 heavy (non-hydrogen) atoms. The Kier molecular flexibility index (Phi) is 4.77. The molecule has 3 rings (SSSR count). The lowest BCUT2D eigenvalue weighted by molar-refractivity contribution is 0.0810. The van der Waals surface area contributed by atoms with Crippen molar-refractivity contribution in [2.45, 2.75) is 76.2 Å². The average molecular weight is 272 g/mol. The highest BCUT2D eigenvalue weighted by Crippen LogP contribution is 2.37. The fraction of sp³-hybridized carbons (Fsp3) is 0.684. The minimum Gasteiger partial charge on any atom is -0.393 e. The summed E-state index contributed by atoms with van der Waals surface area (Å²) in [6.07, 6.45) is 12.6. The number of benzene rings is 1. The molecule has 1 N–H and O–H groups in total. The van der Waals surface area contributed by atoms with Gasteiger partial charge in [0.05, 0.1) is 6.10 Å². The van der Waals surface area contributed by atoms with Crippen molar-refractivity contribution in [2.75, 3.05) is 0 Å². The zero-order chi connectivity index (χ0) is 13.8. The molecule has 2 atom stereocenters. The highest BCUT2D eigenvalue weighted by Gasteiger charge is 2.27. The monoisotopic (exact) mass is 272 g/mol. The molecule has 2 aliphatic rings. The van der Waals surface area contributed by atoms with Crippen LogP contribution in [0, 0.1) is 5.92 Å². The van der Waals surface area contributed by atoms with Gasteiger partial charge < -0.3 is 5.11 Å². The van der Waals surface area contributed by atoms with Crippen molar-refractivity contribution >= 4 is 0 Å². The third-order valence-electron chi connectivity index (χ3n) is 5.46. The maximum absolute atomic E-state index is 10.7. The van der Waals surface area contributed by atoms with Gasteiger partial charge in [-0.2, -0.15) is 0 Å². The summed E-state index contributed by atoms with van der Waals surface area (Å²) in [5.74, 6) is 1.16. The molecule has 1 saturated carbocycles.